The third kappa shape index (κ3) is 2.58. The molecule has 0 aromatic carbocycles. The van der Waals surface area contributed by atoms with E-state index in [2.05, 4.69) is 16.8 Å². The Morgan fingerprint density at radius 1 is 1.50 bits per heavy atom. The Bertz CT molecular complexity index is 374. The molecule has 0 radical (unpaired) electrons. The van der Waals surface area contributed by atoms with Crippen molar-refractivity contribution in [2.24, 2.45) is 0 Å². The van der Waals surface area contributed by atoms with Gasteiger partial charge in [0.05, 0.1) is 5.69 Å². The Morgan fingerprint density at radius 2 is 2.21 bits per heavy atom. The van der Waals surface area contributed by atoms with Gasteiger partial charge in [-0.05, 0) is 31.9 Å². The number of aliphatic hydroxyl groups excluding tert-OH is 1. The number of aromatic nitrogens is 1. The molecule has 1 unspecified atom stereocenters. The van der Waals surface area contributed by atoms with E-state index in [-0.39, 0.29) is 0 Å². The van der Waals surface area contributed by atoms with Gasteiger partial charge in [0.2, 0.25) is 0 Å². The van der Waals surface area contributed by atoms with E-state index >= 15 is 0 Å². The fourth-order valence-electron chi connectivity index (χ4n) is 1.37. The van der Waals surface area contributed by atoms with E-state index in [0.29, 0.717) is 6.42 Å². The number of aryl methyl sites for hydroxylation is 2. The molecule has 0 aliphatic rings. The quantitative estimate of drug-likeness (QED) is 0.723. The van der Waals surface area contributed by atoms with Gasteiger partial charge in [-0.25, -0.2) is 0 Å². The number of nitrogens with zero attached hydrogens (tertiary/aromatic N) is 1. The predicted octanol–water partition coefficient (Wildman–Crippen LogP) is 2.15. The molecule has 1 aromatic rings. The number of aliphatic hydroxyl groups is 1. The Labute approximate surface area is 85.0 Å². The summed E-state index contributed by atoms with van der Waals surface area (Å²) in [5.41, 5.74) is 2.87. The summed E-state index contributed by atoms with van der Waals surface area (Å²) in [6.45, 7) is 5.71. The fourth-order valence-corrected chi connectivity index (χ4v) is 1.37. The van der Waals surface area contributed by atoms with Crippen LogP contribution in [0.15, 0.2) is 12.3 Å². The average Bonchev–Trinajstić information content (AvgIpc) is 2.14. The van der Waals surface area contributed by atoms with Gasteiger partial charge in [-0.2, -0.15) is 0 Å². The number of hydrogen-bond acceptors (Lipinski definition) is 2. The third-order valence-electron chi connectivity index (χ3n) is 2.04. The summed E-state index contributed by atoms with van der Waals surface area (Å²) in [5, 5.41) is 9.76. The molecule has 1 rings (SSSR count). The van der Waals surface area contributed by atoms with E-state index in [1.807, 2.05) is 19.9 Å². The maximum Gasteiger partial charge on any atom is 0.107 e. The van der Waals surface area contributed by atoms with E-state index in [1.165, 1.54) is 0 Å². The fraction of sp³-hybridized carbons (Fsp3) is 0.417. The summed E-state index contributed by atoms with van der Waals surface area (Å²) in [6.07, 6.45) is 1.65. The lowest BCUT2D eigenvalue weighted by Crippen LogP contribution is -2.02. The van der Waals surface area contributed by atoms with Gasteiger partial charge in [0.25, 0.3) is 0 Å². The SMILES string of the molecule is CC#CCC(O)c1ncc(C)cc1C. The average molecular weight is 189 g/mol. The molecule has 1 atom stereocenters. The highest BCUT2D eigenvalue weighted by Gasteiger charge is 2.10. The van der Waals surface area contributed by atoms with Gasteiger partial charge < -0.3 is 5.11 Å². The van der Waals surface area contributed by atoms with Crippen LogP contribution in [0.4, 0.5) is 0 Å². The van der Waals surface area contributed by atoms with Crippen molar-refractivity contribution in [3.05, 3.63) is 29.1 Å². The number of hydrogen-bond donors (Lipinski definition) is 1. The molecule has 74 valence electrons. The summed E-state index contributed by atoms with van der Waals surface area (Å²) in [6, 6.07) is 2.02. The van der Waals surface area contributed by atoms with Gasteiger partial charge in [-0.3, -0.25) is 4.98 Å². The highest BCUT2D eigenvalue weighted by molar-refractivity contribution is 5.25. The topological polar surface area (TPSA) is 33.1 Å². The lowest BCUT2D eigenvalue weighted by molar-refractivity contribution is 0.178. The molecule has 0 fully saturated rings. The zero-order valence-electron chi connectivity index (χ0n) is 8.83. The zero-order chi connectivity index (χ0) is 10.6. The van der Waals surface area contributed by atoms with Crippen molar-refractivity contribution in [2.75, 3.05) is 0 Å². The maximum absolute atomic E-state index is 9.76. The molecular formula is C12H15NO. The molecule has 2 heteroatoms. The van der Waals surface area contributed by atoms with Gasteiger partial charge in [0, 0.05) is 12.6 Å². The molecule has 0 spiro atoms. The molecule has 0 bridgehead atoms. The van der Waals surface area contributed by atoms with E-state index in [1.54, 1.807) is 13.1 Å². The summed E-state index contributed by atoms with van der Waals surface area (Å²) in [7, 11) is 0. The summed E-state index contributed by atoms with van der Waals surface area (Å²) in [4.78, 5) is 4.21. The summed E-state index contributed by atoms with van der Waals surface area (Å²) < 4.78 is 0. The van der Waals surface area contributed by atoms with Crippen LogP contribution >= 0.6 is 0 Å². The molecule has 0 saturated carbocycles. The van der Waals surface area contributed by atoms with Gasteiger partial charge in [0.15, 0.2) is 0 Å². The van der Waals surface area contributed by atoms with Crippen LogP contribution in [0.25, 0.3) is 0 Å². The van der Waals surface area contributed by atoms with Crippen LogP contribution in [0.2, 0.25) is 0 Å². The van der Waals surface area contributed by atoms with Gasteiger partial charge >= 0.3 is 0 Å². The van der Waals surface area contributed by atoms with Crippen molar-refractivity contribution >= 4 is 0 Å². The van der Waals surface area contributed by atoms with Crippen molar-refractivity contribution < 1.29 is 5.11 Å². The number of pyridine rings is 1. The Kier molecular flexibility index (Phi) is 3.67. The van der Waals surface area contributed by atoms with Gasteiger partial charge in [-0.1, -0.05) is 6.07 Å². The van der Waals surface area contributed by atoms with Crippen LogP contribution in [0.3, 0.4) is 0 Å². The van der Waals surface area contributed by atoms with Crippen molar-refractivity contribution in [2.45, 2.75) is 33.3 Å². The minimum absolute atomic E-state index is 0.452. The monoisotopic (exact) mass is 189 g/mol. The van der Waals surface area contributed by atoms with E-state index in [4.69, 9.17) is 0 Å². The maximum atomic E-state index is 9.76. The molecule has 0 amide bonds. The molecule has 1 aromatic heterocycles. The van der Waals surface area contributed by atoms with Gasteiger partial charge in [0.1, 0.15) is 6.10 Å². The van der Waals surface area contributed by atoms with E-state index < -0.39 is 6.10 Å². The molecule has 1 N–H and O–H groups in total. The van der Waals surface area contributed by atoms with Gasteiger partial charge in [-0.15, -0.1) is 11.8 Å². The highest BCUT2D eigenvalue weighted by atomic mass is 16.3. The standard InChI is InChI=1S/C12H15NO/c1-4-5-6-11(14)12-10(3)7-9(2)8-13-12/h7-8,11,14H,6H2,1-3H3. The Hall–Kier alpha value is -1.33. The minimum atomic E-state index is -0.567. The third-order valence-corrected chi connectivity index (χ3v) is 2.04. The Morgan fingerprint density at radius 3 is 2.79 bits per heavy atom. The van der Waals surface area contributed by atoms with E-state index in [0.717, 1.165) is 16.8 Å². The molecule has 1 heterocycles. The minimum Gasteiger partial charge on any atom is -0.386 e. The second-order valence-corrected chi connectivity index (χ2v) is 3.36. The first kappa shape index (κ1) is 10.7. The smallest absolute Gasteiger partial charge is 0.107 e. The van der Waals surface area contributed by atoms with Crippen molar-refractivity contribution in [3.63, 3.8) is 0 Å². The largest absolute Gasteiger partial charge is 0.386 e. The first-order chi connectivity index (χ1) is 6.65. The second-order valence-electron chi connectivity index (χ2n) is 3.36. The molecule has 0 aliphatic carbocycles. The Balaban J connectivity index is 2.88. The van der Waals surface area contributed by atoms with Crippen LogP contribution < -0.4 is 0 Å². The summed E-state index contributed by atoms with van der Waals surface area (Å²) >= 11 is 0. The molecule has 14 heavy (non-hydrogen) atoms. The molecule has 2 nitrogen and oxygen atoms in total. The lowest BCUT2D eigenvalue weighted by atomic mass is 10.1. The van der Waals surface area contributed by atoms with Crippen LogP contribution in [0, 0.1) is 25.7 Å². The second kappa shape index (κ2) is 4.78. The molecule has 0 saturated heterocycles. The molecular weight excluding hydrogens is 174 g/mol. The normalized spacial score (nSPS) is 11.7. The predicted molar refractivity (Wildman–Crippen MR) is 56.7 cm³/mol. The van der Waals surface area contributed by atoms with E-state index in [9.17, 15) is 5.11 Å². The van der Waals surface area contributed by atoms with Crippen molar-refractivity contribution in [3.8, 4) is 11.8 Å². The van der Waals surface area contributed by atoms with Crippen molar-refractivity contribution in [1.82, 2.24) is 4.98 Å². The van der Waals surface area contributed by atoms with Crippen LogP contribution in [0.5, 0.6) is 0 Å². The van der Waals surface area contributed by atoms with Crippen LogP contribution in [-0.4, -0.2) is 10.1 Å². The first-order valence-electron chi connectivity index (χ1n) is 4.66. The summed E-state index contributed by atoms with van der Waals surface area (Å²) in [5.74, 6) is 5.61. The van der Waals surface area contributed by atoms with Crippen LogP contribution in [0.1, 0.15) is 36.3 Å². The zero-order valence-corrected chi connectivity index (χ0v) is 8.83. The highest BCUT2D eigenvalue weighted by Crippen LogP contribution is 2.18. The lowest BCUT2D eigenvalue weighted by Gasteiger charge is -2.09. The first-order valence-corrected chi connectivity index (χ1v) is 4.66. The number of rotatable bonds is 2. The van der Waals surface area contributed by atoms with Crippen molar-refractivity contribution in [1.29, 1.82) is 0 Å². The van der Waals surface area contributed by atoms with Crippen LogP contribution in [-0.2, 0) is 0 Å². The molecule has 0 aliphatic heterocycles.